The quantitative estimate of drug-likeness (QED) is 0.331. The van der Waals surface area contributed by atoms with Gasteiger partial charge in [-0.1, -0.05) is 58.7 Å². The molecule has 1 aliphatic heterocycles. The van der Waals surface area contributed by atoms with E-state index >= 15 is 0 Å². The number of halogens is 3. The van der Waals surface area contributed by atoms with Crippen LogP contribution >= 0.6 is 46.6 Å². The average molecular weight is 408 g/mol. The Bertz CT molecular complexity index is 1040. The highest BCUT2D eigenvalue weighted by atomic mass is 35.5. The van der Waals surface area contributed by atoms with Gasteiger partial charge in [-0.3, -0.25) is 4.79 Å². The van der Waals surface area contributed by atoms with Gasteiger partial charge in [-0.15, -0.1) is 0 Å². The summed E-state index contributed by atoms with van der Waals surface area (Å²) in [5.41, 5.74) is 1.37. The normalized spacial score (nSPS) is 15.0. The highest BCUT2D eigenvalue weighted by Crippen LogP contribution is 2.41. The second kappa shape index (κ2) is 6.58. The maximum atomic E-state index is 12.4. The third kappa shape index (κ3) is 3.13. The molecule has 25 heavy (non-hydrogen) atoms. The summed E-state index contributed by atoms with van der Waals surface area (Å²) < 4.78 is 5.83. The minimum atomic E-state index is 0.00567. The largest absolute Gasteiger partial charge is 0.457 e. The molecule has 1 aliphatic rings. The predicted molar refractivity (Wildman–Crippen MR) is 104 cm³/mol. The molecule has 0 atom stereocenters. The van der Waals surface area contributed by atoms with Crippen LogP contribution in [0.25, 0.3) is 17.4 Å². The van der Waals surface area contributed by atoms with Crippen molar-refractivity contribution in [2.45, 2.75) is 4.90 Å². The molecule has 0 amide bonds. The predicted octanol–water partition coefficient (Wildman–Crippen LogP) is 7.24. The fourth-order valence-electron chi connectivity index (χ4n) is 2.55. The maximum absolute atomic E-state index is 12.4. The number of Topliss-reactive ketones (excluding diaryl/α,β-unsaturated/α-hetero) is 1. The van der Waals surface area contributed by atoms with Crippen molar-refractivity contribution in [1.82, 2.24) is 0 Å². The molecular weight excluding hydrogens is 399 g/mol. The summed E-state index contributed by atoms with van der Waals surface area (Å²) in [7, 11) is 0. The molecule has 0 unspecified atom stereocenters. The lowest BCUT2D eigenvalue weighted by Crippen LogP contribution is -1.93. The lowest BCUT2D eigenvalue weighted by Gasteiger charge is -2.03. The fourth-order valence-corrected chi connectivity index (χ4v) is 4.22. The monoisotopic (exact) mass is 406 g/mol. The molecule has 2 aromatic carbocycles. The number of hydrogen-bond acceptors (Lipinski definition) is 3. The SMILES string of the molecule is O=C1C(=Cc2ccc(-c3cc(Cl)c(Cl)cc3Cl)o2)Sc2ccccc21. The molecule has 0 bridgehead atoms. The summed E-state index contributed by atoms with van der Waals surface area (Å²) >= 11 is 19.7. The molecular formula is C19H9Cl3O2S. The highest BCUT2D eigenvalue weighted by molar-refractivity contribution is 8.04. The van der Waals surface area contributed by atoms with Crippen LogP contribution in [0.15, 0.2) is 62.7 Å². The van der Waals surface area contributed by atoms with Crippen LogP contribution in [0.4, 0.5) is 0 Å². The van der Waals surface area contributed by atoms with Crippen LogP contribution in [-0.4, -0.2) is 5.78 Å². The Hall–Kier alpha value is -1.65. The zero-order chi connectivity index (χ0) is 17.6. The third-order valence-electron chi connectivity index (χ3n) is 3.75. The summed E-state index contributed by atoms with van der Waals surface area (Å²) in [6, 6.07) is 14.3. The lowest BCUT2D eigenvalue weighted by molar-refractivity contribution is 0.104. The van der Waals surface area contributed by atoms with Crippen LogP contribution in [0.2, 0.25) is 15.1 Å². The second-order valence-electron chi connectivity index (χ2n) is 5.38. The first-order chi connectivity index (χ1) is 12.0. The van der Waals surface area contributed by atoms with E-state index in [-0.39, 0.29) is 5.78 Å². The van der Waals surface area contributed by atoms with Crippen LogP contribution < -0.4 is 0 Å². The van der Waals surface area contributed by atoms with Crippen molar-refractivity contribution in [2.75, 3.05) is 0 Å². The first-order valence-corrected chi connectivity index (χ1v) is 9.26. The topological polar surface area (TPSA) is 30.2 Å². The van der Waals surface area contributed by atoms with Crippen molar-refractivity contribution in [3.05, 3.63) is 79.8 Å². The minimum Gasteiger partial charge on any atom is -0.457 e. The van der Waals surface area contributed by atoms with Gasteiger partial charge in [0.1, 0.15) is 11.5 Å². The highest BCUT2D eigenvalue weighted by Gasteiger charge is 2.25. The van der Waals surface area contributed by atoms with Gasteiger partial charge >= 0.3 is 0 Å². The van der Waals surface area contributed by atoms with Crippen molar-refractivity contribution in [2.24, 2.45) is 0 Å². The smallest absolute Gasteiger partial charge is 0.200 e. The molecule has 0 aliphatic carbocycles. The van der Waals surface area contributed by atoms with Gasteiger partial charge in [-0.05, 0) is 42.5 Å². The number of fused-ring (bicyclic) bond motifs is 1. The molecule has 0 fully saturated rings. The average Bonchev–Trinajstić information content (AvgIpc) is 3.17. The number of furan rings is 1. The van der Waals surface area contributed by atoms with Crippen molar-refractivity contribution in [1.29, 1.82) is 0 Å². The van der Waals surface area contributed by atoms with Gasteiger partial charge in [-0.25, -0.2) is 0 Å². The van der Waals surface area contributed by atoms with Gasteiger partial charge in [0.25, 0.3) is 0 Å². The van der Waals surface area contributed by atoms with E-state index < -0.39 is 0 Å². The van der Waals surface area contributed by atoms with Crippen LogP contribution in [-0.2, 0) is 0 Å². The Labute approximate surface area is 163 Å². The van der Waals surface area contributed by atoms with Gasteiger partial charge in [-0.2, -0.15) is 0 Å². The summed E-state index contributed by atoms with van der Waals surface area (Å²) in [6.07, 6.45) is 1.74. The van der Waals surface area contributed by atoms with Crippen LogP contribution in [0.5, 0.6) is 0 Å². The molecule has 4 rings (SSSR count). The minimum absolute atomic E-state index is 0.00567. The molecule has 0 radical (unpaired) electrons. The lowest BCUT2D eigenvalue weighted by atomic mass is 10.1. The molecule has 124 valence electrons. The third-order valence-corrected chi connectivity index (χ3v) is 5.88. The van der Waals surface area contributed by atoms with E-state index in [9.17, 15) is 4.79 Å². The van der Waals surface area contributed by atoms with E-state index in [1.807, 2.05) is 24.3 Å². The Morgan fingerprint density at radius 3 is 2.44 bits per heavy atom. The zero-order valence-corrected chi connectivity index (χ0v) is 15.6. The Morgan fingerprint density at radius 2 is 1.64 bits per heavy atom. The maximum Gasteiger partial charge on any atom is 0.200 e. The van der Waals surface area contributed by atoms with Crippen LogP contribution in [0.1, 0.15) is 16.1 Å². The van der Waals surface area contributed by atoms with Crippen molar-refractivity contribution in [3.8, 4) is 11.3 Å². The molecule has 2 heterocycles. The second-order valence-corrected chi connectivity index (χ2v) is 7.69. The van der Waals surface area contributed by atoms with Gasteiger partial charge < -0.3 is 4.42 Å². The number of allylic oxidation sites excluding steroid dienone is 1. The Morgan fingerprint density at radius 1 is 0.880 bits per heavy atom. The summed E-state index contributed by atoms with van der Waals surface area (Å²) in [6.45, 7) is 0. The van der Waals surface area contributed by atoms with E-state index in [0.29, 0.717) is 37.1 Å². The van der Waals surface area contributed by atoms with Gasteiger partial charge in [0.15, 0.2) is 0 Å². The van der Waals surface area contributed by atoms with Crippen LogP contribution in [0.3, 0.4) is 0 Å². The van der Waals surface area contributed by atoms with E-state index in [2.05, 4.69) is 0 Å². The first kappa shape index (κ1) is 16.8. The standard InChI is InChI=1S/C19H9Cl3O2S/c20-13-9-15(22)14(21)8-12(13)16-6-5-10(24-16)7-18-19(23)11-3-1-2-4-17(11)25-18/h1-9H. The van der Waals surface area contributed by atoms with E-state index in [1.165, 1.54) is 11.8 Å². The molecule has 0 saturated heterocycles. The Kier molecular flexibility index (Phi) is 4.42. The fraction of sp³-hybridized carbons (Fsp3) is 0. The molecule has 2 nitrogen and oxygen atoms in total. The van der Waals surface area contributed by atoms with E-state index in [0.717, 1.165) is 10.5 Å². The van der Waals surface area contributed by atoms with Crippen LogP contribution in [0, 0.1) is 0 Å². The number of carbonyl (C=O) groups excluding carboxylic acids is 1. The number of hydrogen-bond donors (Lipinski definition) is 0. The molecule has 1 aromatic heterocycles. The Balaban J connectivity index is 1.67. The van der Waals surface area contributed by atoms with Gasteiger partial charge in [0, 0.05) is 16.0 Å². The van der Waals surface area contributed by atoms with Crippen molar-refractivity contribution in [3.63, 3.8) is 0 Å². The number of ketones is 1. The first-order valence-electron chi connectivity index (χ1n) is 7.31. The molecule has 3 aromatic rings. The van der Waals surface area contributed by atoms with Crippen molar-refractivity contribution < 1.29 is 9.21 Å². The molecule has 0 saturated carbocycles. The molecule has 0 N–H and O–H groups in total. The number of carbonyl (C=O) groups is 1. The molecule has 0 spiro atoms. The number of benzene rings is 2. The summed E-state index contributed by atoms with van der Waals surface area (Å²) in [5.74, 6) is 1.13. The number of rotatable bonds is 2. The van der Waals surface area contributed by atoms with E-state index in [1.54, 1.807) is 30.3 Å². The van der Waals surface area contributed by atoms with Crippen molar-refractivity contribution >= 4 is 58.4 Å². The summed E-state index contributed by atoms with van der Waals surface area (Å²) in [5, 5.41) is 1.23. The van der Waals surface area contributed by atoms with E-state index in [4.69, 9.17) is 39.2 Å². The molecule has 6 heteroatoms. The van der Waals surface area contributed by atoms with Gasteiger partial charge in [0.05, 0.1) is 20.0 Å². The van der Waals surface area contributed by atoms with Gasteiger partial charge in [0.2, 0.25) is 5.78 Å². The summed E-state index contributed by atoms with van der Waals surface area (Å²) in [4.78, 5) is 14.0. The number of thioether (sulfide) groups is 1. The zero-order valence-electron chi connectivity index (χ0n) is 12.6.